The van der Waals surface area contributed by atoms with E-state index in [0.29, 0.717) is 29.4 Å². The monoisotopic (exact) mass is 302 g/mol. The molecule has 1 atom stereocenters. The summed E-state index contributed by atoms with van der Waals surface area (Å²) >= 11 is 0. The van der Waals surface area contributed by atoms with Gasteiger partial charge >= 0.3 is 0 Å². The highest BCUT2D eigenvalue weighted by atomic mass is 16.5. The number of carbonyl (C=O) groups excluding carboxylic acids is 1. The molecule has 1 aliphatic rings. The van der Waals surface area contributed by atoms with Crippen molar-refractivity contribution in [1.29, 1.82) is 0 Å². The maximum absolute atomic E-state index is 12.6. The Bertz CT molecular complexity index is 674. The molecule has 0 aromatic carbocycles. The molecule has 0 unspecified atom stereocenters. The first-order valence-electron chi connectivity index (χ1n) is 7.82. The maximum Gasteiger partial charge on any atom is 0.270 e. The first-order chi connectivity index (χ1) is 10.7. The molecular weight excluding hydrogens is 280 g/mol. The number of fused-ring (bicyclic) bond motifs is 1. The molecule has 118 valence electrons. The van der Waals surface area contributed by atoms with Crippen LogP contribution in [0.1, 0.15) is 35.9 Å². The van der Waals surface area contributed by atoms with Gasteiger partial charge in [0.15, 0.2) is 11.4 Å². The molecule has 22 heavy (non-hydrogen) atoms. The molecule has 0 aliphatic carbocycles. The van der Waals surface area contributed by atoms with Crippen molar-refractivity contribution < 1.29 is 9.53 Å². The Hall–Kier alpha value is -2.08. The van der Waals surface area contributed by atoms with Crippen molar-refractivity contribution in [3.8, 4) is 5.75 Å². The van der Waals surface area contributed by atoms with Crippen LogP contribution in [0.15, 0.2) is 18.3 Å². The lowest BCUT2D eigenvalue weighted by molar-refractivity contribution is 0.0924. The molecule has 0 spiro atoms. The van der Waals surface area contributed by atoms with Crippen molar-refractivity contribution >= 4 is 11.6 Å². The summed E-state index contributed by atoms with van der Waals surface area (Å²) in [4.78, 5) is 17.1. The average molecular weight is 302 g/mol. The molecule has 0 saturated carbocycles. The Balaban J connectivity index is 1.90. The summed E-state index contributed by atoms with van der Waals surface area (Å²) in [5.41, 5.74) is 1.99. The molecule has 2 N–H and O–H groups in total. The number of hydrogen-bond acceptors (Lipinski definition) is 4. The van der Waals surface area contributed by atoms with E-state index >= 15 is 0 Å². The number of nitrogens with zero attached hydrogens (tertiary/aromatic N) is 2. The smallest absolute Gasteiger partial charge is 0.270 e. The van der Waals surface area contributed by atoms with E-state index in [0.717, 1.165) is 25.9 Å². The van der Waals surface area contributed by atoms with Crippen LogP contribution >= 0.6 is 0 Å². The van der Waals surface area contributed by atoms with Crippen LogP contribution in [0.3, 0.4) is 0 Å². The average Bonchev–Trinajstić information content (AvgIpc) is 2.86. The van der Waals surface area contributed by atoms with Crippen molar-refractivity contribution in [3.63, 3.8) is 0 Å². The third-order valence-electron chi connectivity index (χ3n) is 3.94. The zero-order chi connectivity index (χ0) is 15.5. The molecule has 1 saturated heterocycles. The summed E-state index contributed by atoms with van der Waals surface area (Å²) in [5.74, 6) is 0.624. The standard InChI is InChI=1S/C16H22N4O2/c1-3-22-13-7-5-9-20-14(11(2)18-15(13)20)16(21)19-12-6-4-8-17-10-12/h5,7,9,12,17H,3-4,6,8,10H2,1-2H3,(H,19,21)/t12-/m0/s1. The fourth-order valence-corrected chi connectivity index (χ4v) is 2.93. The van der Waals surface area contributed by atoms with Crippen LogP contribution in [0, 0.1) is 6.92 Å². The largest absolute Gasteiger partial charge is 0.490 e. The third-order valence-corrected chi connectivity index (χ3v) is 3.94. The van der Waals surface area contributed by atoms with Crippen molar-refractivity contribution in [2.24, 2.45) is 0 Å². The topological polar surface area (TPSA) is 67.7 Å². The predicted molar refractivity (Wildman–Crippen MR) is 84.5 cm³/mol. The number of pyridine rings is 1. The van der Waals surface area contributed by atoms with E-state index in [1.165, 1.54) is 0 Å². The maximum atomic E-state index is 12.6. The van der Waals surface area contributed by atoms with Crippen LogP contribution in [-0.4, -0.2) is 41.0 Å². The highest BCUT2D eigenvalue weighted by Crippen LogP contribution is 2.22. The van der Waals surface area contributed by atoms with Gasteiger partial charge in [-0.05, 0) is 45.4 Å². The van der Waals surface area contributed by atoms with E-state index in [9.17, 15) is 4.79 Å². The number of aryl methyl sites for hydroxylation is 1. The van der Waals surface area contributed by atoms with Gasteiger partial charge in [0, 0.05) is 18.8 Å². The molecule has 1 amide bonds. The Morgan fingerprint density at radius 2 is 2.45 bits per heavy atom. The quantitative estimate of drug-likeness (QED) is 0.898. The highest BCUT2D eigenvalue weighted by Gasteiger charge is 2.22. The second-order valence-electron chi connectivity index (χ2n) is 5.56. The van der Waals surface area contributed by atoms with Crippen LogP contribution in [0.5, 0.6) is 5.75 Å². The molecule has 1 fully saturated rings. The summed E-state index contributed by atoms with van der Waals surface area (Å²) in [6.07, 6.45) is 3.95. The normalized spacial score (nSPS) is 18.4. The second-order valence-corrected chi connectivity index (χ2v) is 5.56. The van der Waals surface area contributed by atoms with Crippen molar-refractivity contribution in [3.05, 3.63) is 29.7 Å². The predicted octanol–water partition coefficient (Wildman–Crippen LogP) is 1.52. The van der Waals surface area contributed by atoms with Gasteiger partial charge in [0.2, 0.25) is 0 Å². The van der Waals surface area contributed by atoms with Crippen LogP contribution in [0.2, 0.25) is 0 Å². The summed E-state index contributed by atoms with van der Waals surface area (Å²) in [6.45, 7) is 6.21. The molecule has 2 aromatic rings. The minimum absolute atomic E-state index is 0.0765. The van der Waals surface area contributed by atoms with E-state index < -0.39 is 0 Å². The second kappa shape index (κ2) is 6.36. The summed E-state index contributed by atoms with van der Waals surface area (Å²) in [5, 5.41) is 6.41. The molecule has 0 bridgehead atoms. The van der Waals surface area contributed by atoms with Gasteiger partial charge in [-0.1, -0.05) is 0 Å². The van der Waals surface area contributed by atoms with Gasteiger partial charge in [0.1, 0.15) is 5.69 Å². The van der Waals surface area contributed by atoms with Gasteiger partial charge in [0.25, 0.3) is 5.91 Å². The van der Waals surface area contributed by atoms with Crippen molar-refractivity contribution in [2.45, 2.75) is 32.7 Å². The molecule has 6 heteroatoms. The van der Waals surface area contributed by atoms with E-state index in [-0.39, 0.29) is 11.9 Å². The fraction of sp³-hybridized carbons (Fsp3) is 0.500. The van der Waals surface area contributed by atoms with E-state index in [1.54, 1.807) is 0 Å². The molecule has 0 radical (unpaired) electrons. The zero-order valence-electron chi connectivity index (χ0n) is 13.1. The number of nitrogens with one attached hydrogen (secondary N) is 2. The Kier molecular flexibility index (Phi) is 4.29. The van der Waals surface area contributed by atoms with Gasteiger partial charge in [0.05, 0.1) is 12.3 Å². The van der Waals surface area contributed by atoms with Crippen molar-refractivity contribution in [1.82, 2.24) is 20.0 Å². The SMILES string of the molecule is CCOc1cccn2c(C(=O)N[C@H]3CCCNC3)c(C)nc12. The lowest BCUT2D eigenvalue weighted by Crippen LogP contribution is -2.46. The Morgan fingerprint density at radius 1 is 1.59 bits per heavy atom. The van der Waals surface area contributed by atoms with Gasteiger partial charge < -0.3 is 15.4 Å². The van der Waals surface area contributed by atoms with Gasteiger partial charge in [-0.25, -0.2) is 4.98 Å². The number of imidazole rings is 1. The fourth-order valence-electron chi connectivity index (χ4n) is 2.93. The lowest BCUT2D eigenvalue weighted by Gasteiger charge is -2.23. The molecule has 1 aliphatic heterocycles. The number of piperidine rings is 1. The van der Waals surface area contributed by atoms with Crippen molar-refractivity contribution in [2.75, 3.05) is 19.7 Å². The van der Waals surface area contributed by atoms with Crippen LogP contribution < -0.4 is 15.4 Å². The molecule has 3 heterocycles. The summed E-state index contributed by atoms with van der Waals surface area (Å²) in [7, 11) is 0. The lowest BCUT2D eigenvalue weighted by atomic mass is 10.1. The molecule has 6 nitrogen and oxygen atoms in total. The van der Waals surface area contributed by atoms with E-state index in [2.05, 4.69) is 15.6 Å². The van der Waals surface area contributed by atoms with Gasteiger partial charge in [-0.3, -0.25) is 9.20 Å². The first kappa shape index (κ1) is 14.8. The summed E-state index contributed by atoms with van der Waals surface area (Å²) < 4.78 is 7.40. The number of carbonyl (C=O) groups is 1. The van der Waals surface area contributed by atoms with Gasteiger partial charge in [-0.2, -0.15) is 0 Å². The highest BCUT2D eigenvalue weighted by molar-refractivity contribution is 5.95. The van der Waals surface area contributed by atoms with Crippen LogP contribution in [0.25, 0.3) is 5.65 Å². The summed E-state index contributed by atoms with van der Waals surface area (Å²) in [6, 6.07) is 3.93. The van der Waals surface area contributed by atoms with Crippen LogP contribution in [0.4, 0.5) is 0 Å². The minimum atomic E-state index is -0.0765. The Morgan fingerprint density at radius 3 is 3.18 bits per heavy atom. The number of hydrogen-bond donors (Lipinski definition) is 2. The number of rotatable bonds is 4. The number of ether oxygens (including phenoxy) is 1. The third kappa shape index (κ3) is 2.78. The molecule has 2 aromatic heterocycles. The number of aromatic nitrogens is 2. The van der Waals surface area contributed by atoms with Gasteiger partial charge in [-0.15, -0.1) is 0 Å². The first-order valence-corrected chi connectivity index (χ1v) is 7.82. The molecule has 3 rings (SSSR count). The van der Waals surface area contributed by atoms with Crippen LogP contribution in [-0.2, 0) is 0 Å². The zero-order valence-corrected chi connectivity index (χ0v) is 13.1. The Labute approximate surface area is 129 Å². The van der Waals surface area contributed by atoms with E-state index in [4.69, 9.17) is 4.74 Å². The van der Waals surface area contributed by atoms with E-state index in [1.807, 2.05) is 36.6 Å². The minimum Gasteiger partial charge on any atom is -0.490 e. The number of amides is 1. The molecular formula is C16H22N4O2.